The first-order valence-electron chi connectivity index (χ1n) is 10.2. The number of benzene rings is 1. The van der Waals surface area contributed by atoms with Crippen LogP contribution in [0.15, 0.2) is 40.7 Å². The molecule has 1 aliphatic carbocycles. The molecule has 0 bridgehead atoms. The van der Waals surface area contributed by atoms with E-state index in [9.17, 15) is 14.4 Å². The molecule has 0 spiro atoms. The minimum Gasteiger partial charge on any atom is -0.468 e. The minimum atomic E-state index is -0.942. The highest BCUT2D eigenvalue weighted by Crippen LogP contribution is 2.46. The zero-order valence-corrected chi connectivity index (χ0v) is 19.4. The number of carbonyl (C=O) groups excluding carboxylic acids is 3. The maximum atomic E-state index is 13.6. The standard InChI is InChI=1S/C23H25Cl2NO5/c1-5-8-31-23(29)18-12(3)26-16-9-11(2)17(22(28)30-4)21(27)20(16)19(18)13-6-7-14(24)15(25)10-13/h6-7,10-11,17,19,26H,5,8-9H2,1-4H3/t11-,17+,19-/m0/s1. The lowest BCUT2D eigenvalue weighted by Gasteiger charge is -2.38. The minimum absolute atomic E-state index is 0.248. The Labute approximate surface area is 191 Å². The third-order valence-corrected chi connectivity index (χ3v) is 6.42. The Balaban J connectivity index is 2.18. The molecule has 0 unspecified atom stereocenters. The van der Waals surface area contributed by atoms with Crippen LogP contribution >= 0.6 is 23.2 Å². The third kappa shape index (κ3) is 4.37. The van der Waals surface area contributed by atoms with Crippen LogP contribution in [0.4, 0.5) is 0 Å². The Morgan fingerprint density at radius 1 is 1.23 bits per heavy atom. The van der Waals surface area contributed by atoms with Gasteiger partial charge in [0.25, 0.3) is 0 Å². The molecule has 0 radical (unpaired) electrons. The van der Waals surface area contributed by atoms with Crippen LogP contribution in [0.25, 0.3) is 0 Å². The number of methoxy groups -OCH3 is 1. The molecule has 31 heavy (non-hydrogen) atoms. The van der Waals surface area contributed by atoms with Crippen molar-refractivity contribution >= 4 is 40.9 Å². The Morgan fingerprint density at radius 2 is 1.94 bits per heavy atom. The summed E-state index contributed by atoms with van der Waals surface area (Å²) in [5.74, 6) is -3.39. The fourth-order valence-electron chi connectivity index (χ4n) is 4.25. The van der Waals surface area contributed by atoms with Crippen molar-refractivity contribution < 1.29 is 23.9 Å². The molecule has 1 aromatic carbocycles. The van der Waals surface area contributed by atoms with Crippen LogP contribution in [0.3, 0.4) is 0 Å². The van der Waals surface area contributed by atoms with Crippen molar-refractivity contribution in [2.24, 2.45) is 11.8 Å². The fourth-order valence-corrected chi connectivity index (χ4v) is 4.56. The molecule has 0 amide bonds. The number of ether oxygens (including phenoxy) is 2. The SMILES string of the molecule is CCCOC(=O)C1=C(C)NC2=C(C(=O)[C@H](C(=O)OC)[C@@H](C)C2)[C@H]1c1ccc(Cl)c(Cl)c1. The lowest BCUT2D eigenvalue weighted by molar-refractivity contribution is -0.151. The van der Waals surface area contributed by atoms with Crippen molar-refractivity contribution in [2.75, 3.05) is 13.7 Å². The lowest BCUT2D eigenvalue weighted by Crippen LogP contribution is -2.43. The van der Waals surface area contributed by atoms with E-state index >= 15 is 0 Å². The first-order valence-corrected chi connectivity index (χ1v) is 10.9. The number of rotatable bonds is 5. The highest BCUT2D eigenvalue weighted by Gasteiger charge is 2.47. The molecule has 6 nitrogen and oxygen atoms in total. The molecule has 1 N–H and O–H groups in total. The second-order valence-electron chi connectivity index (χ2n) is 7.84. The van der Waals surface area contributed by atoms with E-state index in [1.165, 1.54) is 7.11 Å². The zero-order valence-electron chi connectivity index (χ0n) is 17.9. The molecule has 0 saturated carbocycles. The average Bonchev–Trinajstić information content (AvgIpc) is 2.72. The van der Waals surface area contributed by atoms with Gasteiger partial charge in [-0.3, -0.25) is 9.59 Å². The normalized spacial score (nSPS) is 23.3. The zero-order chi connectivity index (χ0) is 22.9. The van der Waals surface area contributed by atoms with E-state index in [2.05, 4.69) is 5.32 Å². The maximum Gasteiger partial charge on any atom is 0.336 e. The second-order valence-corrected chi connectivity index (χ2v) is 8.66. The summed E-state index contributed by atoms with van der Waals surface area (Å²) in [6.07, 6.45) is 1.13. The molecule has 166 valence electrons. The number of halogens is 2. The Bertz CT molecular complexity index is 998. The molecule has 2 aliphatic rings. The number of carbonyl (C=O) groups is 3. The summed E-state index contributed by atoms with van der Waals surface area (Å²) in [7, 11) is 1.26. The van der Waals surface area contributed by atoms with Gasteiger partial charge in [-0.05, 0) is 43.4 Å². The van der Waals surface area contributed by atoms with Gasteiger partial charge in [0.2, 0.25) is 0 Å². The van der Waals surface area contributed by atoms with E-state index in [1.807, 2.05) is 13.8 Å². The Morgan fingerprint density at radius 3 is 2.55 bits per heavy atom. The van der Waals surface area contributed by atoms with E-state index in [0.717, 1.165) is 0 Å². The highest BCUT2D eigenvalue weighted by molar-refractivity contribution is 6.42. The molecule has 8 heteroatoms. The van der Waals surface area contributed by atoms with Crippen LogP contribution in [0.1, 0.15) is 45.1 Å². The van der Waals surface area contributed by atoms with Gasteiger partial charge in [-0.2, -0.15) is 0 Å². The van der Waals surface area contributed by atoms with Gasteiger partial charge in [-0.1, -0.05) is 43.1 Å². The van der Waals surface area contributed by atoms with Gasteiger partial charge in [0.05, 0.1) is 29.3 Å². The number of ketones is 1. The van der Waals surface area contributed by atoms with Crippen LogP contribution < -0.4 is 5.32 Å². The Hall–Kier alpha value is -2.31. The van der Waals surface area contributed by atoms with Crippen molar-refractivity contribution in [2.45, 2.75) is 39.5 Å². The summed E-state index contributed by atoms with van der Waals surface area (Å²) < 4.78 is 10.3. The van der Waals surface area contributed by atoms with Crippen molar-refractivity contribution in [1.29, 1.82) is 0 Å². The summed E-state index contributed by atoms with van der Waals surface area (Å²) in [5, 5.41) is 3.88. The number of nitrogens with one attached hydrogen (secondary N) is 1. The van der Waals surface area contributed by atoms with Gasteiger partial charge < -0.3 is 14.8 Å². The van der Waals surface area contributed by atoms with Crippen molar-refractivity contribution in [1.82, 2.24) is 5.32 Å². The average molecular weight is 466 g/mol. The van der Waals surface area contributed by atoms with Gasteiger partial charge in [0.15, 0.2) is 5.78 Å². The highest BCUT2D eigenvalue weighted by atomic mass is 35.5. The quantitative estimate of drug-likeness (QED) is 0.506. The van der Waals surface area contributed by atoms with E-state index in [4.69, 9.17) is 32.7 Å². The number of esters is 2. The van der Waals surface area contributed by atoms with Gasteiger partial charge in [0.1, 0.15) is 5.92 Å². The number of Topliss-reactive ketones (excluding diaryl/α,β-unsaturated/α-hetero) is 1. The van der Waals surface area contributed by atoms with Gasteiger partial charge in [-0.25, -0.2) is 4.79 Å². The Kier molecular flexibility index (Phi) is 7.12. The van der Waals surface area contributed by atoms with Gasteiger partial charge in [-0.15, -0.1) is 0 Å². The summed E-state index contributed by atoms with van der Waals surface area (Å²) >= 11 is 12.4. The largest absolute Gasteiger partial charge is 0.468 e. The maximum absolute atomic E-state index is 13.6. The molecule has 1 heterocycles. The summed E-state index contributed by atoms with van der Waals surface area (Å²) in [4.78, 5) is 39.0. The number of allylic oxidation sites excluding steroid dienone is 3. The number of hydrogen-bond acceptors (Lipinski definition) is 6. The van der Waals surface area contributed by atoms with Gasteiger partial charge >= 0.3 is 11.9 Å². The number of dihydropyridines is 1. The monoisotopic (exact) mass is 465 g/mol. The topological polar surface area (TPSA) is 81.7 Å². The predicted octanol–water partition coefficient (Wildman–Crippen LogP) is 4.56. The molecule has 3 atom stereocenters. The van der Waals surface area contributed by atoms with E-state index in [1.54, 1.807) is 25.1 Å². The summed E-state index contributed by atoms with van der Waals surface area (Å²) in [5.41, 5.74) is 2.60. The molecular weight excluding hydrogens is 441 g/mol. The van der Waals surface area contributed by atoms with Crippen LogP contribution in [0, 0.1) is 11.8 Å². The number of hydrogen-bond donors (Lipinski definition) is 1. The van der Waals surface area contributed by atoms with Crippen molar-refractivity contribution in [3.8, 4) is 0 Å². The molecule has 0 aromatic heterocycles. The molecule has 1 aromatic rings. The molecule has 3 rings (SSSR count). The molecular formula is C23H25Cl2NO5. The summed E-state index contributed by atoms with van der Waals surface area (Å²) in [6.45, 7) is 5.77. The summed E-state index contributed by atoms with van der Waals surface area (Å²) in [6, 6.07) is 5.00. The predicted molar refractivity (Wildman–Crippen MR) is 118 cm³/mol. The van der Waals surface area contributed by atoms with E-state index in [0.29, 0.717) is 51.0 Å². The van der Waals surface area contributed by atoms with Gasteiger partial charge in [0, 0.05) is 22.9 Å². The third-order valence-electron chi connectivity index (χ3n) is 5.68. The van der Waals surface area contributed by atoms with Crippen molar-refractivity contribution in [3.05, 3.63) is 56.3 Å². The second kappa shape index (κ2) is 9.45. The molecule has 0 fully saturated rings. The first-order chi connectivity index (χ1) is 14.7. The van der Waals surface area contributed by atoms with Crippen molar-refractivity contribution in [3.63, 3.8) is 0 Å². The van der Waals surface area contributed by atoms with Crippen LogP contribution in [0.5, 0.6) is 0 Å². The lowest BCUT2D eigenvalue weighted by atomic mass is 9.69. The molecule has 0 saturated heterocycles. The fraction of sp³-hybridized carbons (Fsp3) is 0.435. The van der Waals surface area contributed by atoms with Crippen LogP contribution in [-0.2, 0) is 23.9 Å². The van der Waals surface area contributed by atoms with E-state index in [-0.39, 0.29) is 18.3 Å². The molecule has 1 aliphatic heterocycles. The smallest absolute Gasteiger partial charge is 0.336 e. The van der Waals surface area contributed by atoms with E-state index < -0.39 is 23.8 Å². The first kappa shape index (κ1) is 23.4. The van der Waals surface area contributed by atoms with Crippen LogP contribution in [0.2, 0.25) is 10.0 Å². The van der Waals surface area contributed by atoms with Crippen LogP contribution in [-0.4, -0.2) is 31.4 Å².